The number of carbonyl (C=O) groups is 1. The molecule has 0 aliphatic carbocycles. The highest BCUT2D eigenvalue weighted by atomic mass is 32.1. The highest BCUT2D eigenvalue weighted by Gasteiger charge is 2.27. The lowest BCUT2D eigenvalue weighted by Crippen LogP contribution is -2.42. The molecule has 0 bridgehead atoms. The SMILES string of the molecule is C/C(=C(/C#N)C(=O)NCC1CC(O)CC(O)O1)c1ccc(-c2ccc3cc(NCCN4CCOCC4)ccc3c2)s1. The molecule has 3 atom stereocenters. The average molecular weight is 577 g/mol. The van der Waals surface area contributed by atoms with Crippen molar-refractivity contribution in [1.82, 2.24) is 10.2 Å². The molecule has 3 aromatic rings. The maximum Gasteiger partial charge on any atom is 0.262 e. The summed E-state index contributed by atoms with van der Waals surface area (Å²) in [5.74, 6) is -0.502. The summed E-state index contributed by atoms with van der Waals surface area (Å²) in [4.78, 5) is 17.1. The van der Waals surface area contributed by atoms with Crippen molar-refractivity contribution in [2.45, 2.75) is 38.3 Å². The van der Waals surface area contributed by atoms with Gasteiger partial charge in [0.15, 0.2) is 6.29 Å². The van der Waals surface area contributed by atoms with Crippen molar-refractivity contribution < 1.29 is 24.5 Å². The van der Waals surface area contributed by atoms with Gasteiger partial charge < -0.3 is 30.3 Å². The summed E-state index contributed by atoms with van der Waals surface area (Å²) in [6.45, 7) is 7.34. The highest BCUT2D eigenvalue weighted by Crippen LogP contribution is 2.35. The van der Waals surface area contributed by atoms with Crippen LogP contribution in [-0.4, -0.2) is 85.5 Å². The molecule has 2 aliphatic heterocycles. The fourth-order valence-electron chi connectivity index (χ4n) is 5.21. The minimum Gasteiger partial charge on any atom is -0.393 e. The van der Waals surface area contributed by atoms with Crippen molar-refractivity contribution in [3.8, 4) is 16.5 Å². The van der Waals surface area contributed by atoms with Crippen LogP contribution in [0.2, 0.25) is 0 Å². The van der Waals surface area contributed by atoms with Gasteiger partial charge in [-0.2, -0.15) is 5.26 Å². The number of amides is 1. The molecule has 2 aromatic carbocycles. The minimum absolute atomic E-state index is 0.0301. The van der Waals surface area contributed by atoms with Gasteiger partial charge in [-0.05, 0) is 59.2 Å². The van der Waals surface area contributed by atoms with Crippen LogP contribution in [0.25, 0.3) is 26.8 Å². The molecule has 4 N–H and O–H groups in total. The van der Waals surface area contributed by atoms with Gasteiger partial charge in [0.1, 0.15) is 11.6 Å². The summed E-state index contributed by atoms with van der Waals surface area (Å²) < 4.78 is 10.8. The zero-order valence-electron chi connectivity index (χ0n) is 23.1. The molecular weight excluding hydrogens is 540 g/mol. The van der Waals surface area contributed by atoms with Crippen molar-refractivity contribution in [2.24, 2.45) is 0 Å². The second kappa shape index (κ2) is 13.6. The van der Waals surface area contributed by atoms with Crippen LogP contribution in [0.4, 0.5) is 5.69 Å². The first-order valence-electron chi connectivity index (χ1n) is 14.0. The Morgan fingerprint density at radius 1 is 1.10 bits per heavy atom. The number of benzene rings is 2. The number of aliphatic hydroxyl groups is 2. The molecule has 2 aliphatic rings. The van der Waals surface area contributed by atoms with Crippen molar-refractivity contribution in [2.75, 3.05) is 51.3 Å². The fourth-order valence-corrected chi connectivity index (χ4v) is 6.22. The van der Waals surface area contributed by atoms with Gasteiger partial charge in [0.25, 0.3) is 5.91 Å². The average Bonchev–Trinajstić information content (AvgIpc) is 3.47. The van der Waals surface area contributed by atoms with E-state index in [2.05, 4.69) is 51.9 Å². The second-order valence-corrected chi connectivity index (χ2v) is 11.6. The summed E-state index contributed by atoms with van der Waals surface area (Å²) in [6.07, 6.45) is -1.79. The topological polar surface area (TPSA) is 127 Å². The van der Waals surface area contributed by atoms with E-state index in [9.17, 15) is 20.3 Å². The van der Waals surface area contributed by atoms with E-state index >= 15 is 0 Å². The maximum absolute atomic E-state index is 12.8. The number of nitrogens with one attached hydrogen (secondary N) is 2. The quantitative estimate of drug-likeness (QED) is 0.225. The Labute approximate surface area is 244 Å². The van der Waals surface area contributed by atoms with Gasteiger partial charge in [0, 0.05) is 61.0 Å². The standard InChI is InChI=1S/C31H36N4O5S/c1-20(27(18-32)31(38)34-19-26-16-25(36)17-30(37)40-26)28-6-7-29(41-28)23-3-2-22-15-24(5-4-21(22)14-23)33-8-9-35-10-12-39-13-11-35/h2-7,14-15,25-26,30,33,36-37H,8-13,16-17,19H2,1H3,(H,34,38)/b27-20+. The number of rotatable bonds is 9. The summed E-state index contributed by atoms with van der Waals surface area (Å²) in [5.41, 5.74) is 2.80. The number of carbonyl (C=O) groups excluding carboxylic acids is 1. The van der Waals surface area contributed by atoms with Crippen LogP contribution in [0.15, 0.2) is 54.1 Å². The van der Waals surface area contributed by atoms with Gasteiger partial charge >= 0.3 is 0 Å². The highest BCUT2D eigenvalue weighted by molar-refractivity contribution is 7.16. The van der Waals surface area contributed by atoms with Crippen LogP contribution in [0, 0.1) is 11.3 Å². The zero-order valence-corrected chi connectivity index (χ0v) is 24.0. The van der Waals surface area contributed by atoms with E-state index in [1.54, 1.807) is 6.92 Å². The lowest BCUT2D eigenvalue weighted by molar-refractivity contribution is -0.187. The molecule has 216 valence electrons. The van der Waals surface area contributed by atoms with E-state index in [0.29, 0.717) is 12.0 Å². The molecule has 0 spiro atoms. The molecule has 0 radical (unpaired) electrons. The normalized spacial score (nSPS) is 22.1. The van der Waals surface area contributed by atoms with Gasteiger partial charge in [-0.3, -0.25) is 9.69 Å². The third-order valence-corrected chi connectivity index (χ3v) is 8.78. The second-order valence-electron chi connectivity index (χ2n) is 10.5. The summed E-state index contributed by atoms with van der Waals surface area (Å²) in [5, 5.41) is 37.8. The van der Waals surface area contributed by atoms with Gasteiger partial charge in [-0.15, -0.1) is 11.3 Å². The summed E-state index contributed by atoms with van der Waals surface area (Å²) in [7, 11) is 0. The molecular formula is C31H36N4O5S. The van der Waals surface area contributed by atoms with E-state index < -0.39 is 24.4 Å². The van der Waals surface area contributed by atoms with E-state index in [-0.39, 0.29) is 18.5 Å². The van der Waals surface area contributed by atoms with E-state index in [4.69, 9.17) is 9.47 Å². The van der Waals surface area contributed by atoms with Crippen molar-refractivity contribution >= 4 is 39.3 Å². The maximum atomic E-state index is 12.8. The molecule has 2 saturated heterocycles. The van der Waals surface area contributed by atoms with Crippen molar-refractivity contribution in [3.63, 3.8) is 0 Å². The summed E-state index contributed by atoms with van der Waals surface area (Å²) >= 11 is 1.53. The number of aliphatic hydroxyl groups excluding tert-OH is 2. The number of nitrogens with zero attached hydrogens (tertiary/aromatic N) is 2. The first-order chi connectivity index (χ1) is 19.9. The molecule has 3 heterocycles. The van der Waals surface area contributed by atoms with Crippen LogP contribution >= 0.6 is 11.3 Å². The van der Waals surface area contributed by atoms with E-state index in [0.717, 1.165) is 71.2 Å². The van der Waals surface area contributed by atoms with Crippen molar-refractivity contribution in [1.29, 1.82) is 5.26 Å². The number of allylic oxidation sites excluding steroid dienone is 1. The van der Waals surface area contributed by atoms with Crippen LogP contribution < -0.4 is 10.6 Å². The van der Waals surface area contributed by atoms with Crippen molar-refractivity contribution in [3.05, 3.63) is 59.0 Å². The predicted octanol–water partition coefficient (Wildman–Crippen LogP) is 3.58. The van der Waals surface area contributed by atoms with Gasteiger partial charge in [-0.25, -0.2) is 0 Å². The molecule has 1 aromatic heterocycles. The molecule has 2 fully saturated rings. The lowest BCUT2D eigenvalue weighted by Gasteiger charge is -2.30. The number of morpholine rings is 1. The van der Waals surface area contributed by atoms with E-state index in [1.165, 1.54) is 11.3 Å². The molecule has 5 rings (SSSR count). The Bertz CT molecular complexity index is 1430. The van der Waals surface area contributed by atoms with E-state index in [1.807, 2.05) is 18.2 Å². The predicted molar refractivity (Wildman–Crippen MR) is 160 cm³/mol. The number of anilines is 1. The molecule has 41 heavy (non-hydrogen) atoms. The fraction of sp³-hybridized carbons (Fsp3) is 0.419. The molecule has 10 heteroatoms. The van der Waals surface area contributed by atoms with Crippen LogP contribution in [-0.2, 0) is 14.3 Å². The smallest absolute Gasteiger partial charge is 0.262 e. The summed E-state index contributed by atoms with van der Waals surface area (Å²) in [6, 6.07) is 18.8. The monoisotopic (exact) mass is 576 g/mol. The van der Waals surface area contributed by atoms with Crippen LogP contribution in [0.3, 0.4) is 0 Å². The van der Waals surface area contributed by atoms with Crippen LogP contribution in [0.1, 0.15) is 24.6 Å². The number of hydrogen-bond acceptors (Lipinski definition) is 9. The molecule has 3 unspecified atom stereocenters. The molecule has 9 nitrogen and oxygen atoms in total. The number of thiophene rings is 1. The Morgan fingerprint density at radius 3 is 2.66 bits per heavy atom. The number of fused-ring (bicyclic) bond motifs is 1. The largest absolute Gasteiger partial charge is 0.393 e. The number of hydrogen-bond donors (Lipinski definition) is 4. The van der Waals surface area contributed by atoms with Gasteiger partial charge in [0.2, 0.25) is 0 Å². The Morgan fingerprint density at radius 2 is 1.88 bits per heavy atom. The van der Waals surface area contributed by atoms with Gasteiger partial charge in [-0.1, -0.05) is 18.2 Å². The third kappa shape index (κ3) is 7.51. The van der Waals surface area contributed by atoms with Gasteiger partial charge in [0.05, 0.1) is 25.4 Å². The first kappa shape index (κ1) is 29.2. The minimum atomic E-state index is -1.06. The Balaban J connectivity index is 1.22. The molecule has 1 amide bonds. The Hall–Kier alpha value is -3.30. The first-order valence-corrected chi connectivity index (χ1v) is 14.8. The van der Waals surface area contributed by atoms with Crippen LogP contribution in [0.5, 0.6) is 0 Å². The number of nitriles is 1. The Kier molecular flexibility index (Phi) is 9.67. The zero-order chi connectivity index (χ0) is 28.8. The molecule has 0 saturated carbocycles. The third-order valence-electron chi connectivity index (χ3n) is 7.52. The lowest BCUT2D eigenvalue weighted by atomic mass is 10.0. The number of ether oxygens (including phenoxy) is 2.